The van der Waals surface area contributed by atoms with Gasteiger partial charge in [-0.3, -0.25) is 14.6 Å². The first-order valence-electron chi connectivity index (χ1n) is 9.84. The second kappa shape index (κ2) is 10.1. The zero-order chi connectivity index (χ0) is 21.7. The molecule has 1 unspecified atom stereocenters. The van der Waals surface area contributed by atoms with Crippen LogP contribution >= 0.6 is 11.6 Å². The van der Waals surface area contributed by atoms with Crippen molar-refractivity contribution in [1.29, 1.82) is 0 Å². The van der Waals surface area contributed by atoms with E-state index >= 15 is 0 Å². The van der Waals surface area contributed by atoms with Gasteiger partial charge in [-0.05, 0) is 43.3 Å². The van der Waals surface area contributed by atoms with Crippen molar-refractivity contribution in [1.82, 2.24) is 9.80 Å². The maximum atomic E-state index is 13.2. The van der Waals surface area contributed by atoms with Crippen molar-refractivity contribution in [2.45, 2.75) is 19.5 Å². The maximum Gasteiger partial charge on any atom is 0.241 e. The van der Waals surface area contributed by atoms with Crippen molar-refractivity contribution >= 4 is 23.2 Å². The maximum absolute atomic E-state index is 13.2. The molecule has 162 valence electrons. The van der Waals surface area contributed by atoms with Crippen molar-refractivity contribution in [2.75, 3.05) is 45.7 Å². The molecule has 0 spiro atoms. The number of rotatable bonds is 7. The number of nitrogens with zero attached hydrogens (tertiary/aromatic N) is 2. The Bertz CT molecular complexity index is 888. The zero-order valence-electron chi connectivity index (χ0n) is 17.5. The van der Waals surface area contributed by atoms with E-state index in [1.54, 1.807) is 14.2 Å². The number of carbonyl (C=O) groups is 1. The van der Waals surface area contributed by atoms with Crippen LogP contribution in [0.25, 0.3) is 0 Å². The first-order valence-corrected chi connectivity index (χ1v) is 10.2. The molecule has 0 aromatic heterocycles. The minimum atomic E-state index is -0.435. The first-order chi connectivity index (χ1) is 14.4. The molecule has 8 heteroatoms. The van der Waals surface area contributed by atoms with Crippen LogP contribution in [-0.2, 0) is 11.3 Å². The van der Waals surface area contributed by atoms with Gasteiger partial charge in [-0.25, -0.2) is 4.39 Å². The van der Waals surface area contributed by atoms with Crippen molar-refractivity contribution < 1.29 is 18.7 Å². The van der Waals surface area contributed by atoms with Crippen LogP contribution in [0.2, 0.25) is 5.02 Å². The van der Waals surface area contributed by atoms with E-state index in [4.69, 9.17) is 21.1 Å². The molecule has 1 N–H and O–H groups in total. The van der Waals surface area contributed by atoms with E-state index in [1.807, 2.05) is 25.1 Å². The fraction of sp³-hybridized carbons (Fsp3) is 0.409. The largest absolute Gasteiger partial charge is 0.497 e. The number of halogens is 2. The van der Waals surface area contributed by atoms with Gasteiger partial charge in [0.2, 0.25) is 5.91 Å². The van der Waals surface area contributed by atoms with Gasteiger partial charge in [0.1, 0.15) is 17.3 Å². The Morgan fingerprint density at radius 1 is 1.13 bits per heavy atom. The highest BCUT2D eigenvalue weighted by Crippen LogP contribution is 2.26. The van der Waals surface area contributed by atoms with Crippen molar-refractivity contribution in [2.24, 2.45) is 0 Å². The molecule has 3 rings (SSSR count). The average molecular weight is 436 g/mol. The molecule has 30 heavy (non-hydrogen) atoms. The Kier molecular flexibility index (Phi) is 7.53. The second-order valence-corrected chi connectivity index (χ2v) is 7.69. The summed E-state index contributed by atoms with van der Waals surface area (Å²) in [6.45, 7) is 5.80. The summed E-state index contributed by atoms with van der Waals surface area (Å²) in [5.74, 6) is 1.04. The summed E-state index contributed by atoms with van der Waals surface area (Å²) in [7, 11) is 3.31. The number of ether oxygens (including phenoxy) is 2. The molecule has 0 bridgehead atoms. The quantitative estimate of drug-likeness (QED) is 0.719. The molecule has 2 aromatic rings. The number of hydrogen-bond acceptors (Lipinski definition) is 5. The van der Waals surface area contributed by atoms with E-state index in [0.29, 0.717) is 5.69 Å². The number of nitrogens with one attached hydrogen (secondary N) is 1. The lowest BCUT2D eigenvalue weighted by Gasteiger charge is -2.37. The third-order valence-electron chi connectivity index (χ3n) is 5.40. The number of benzene rings is 2. The monoisotopic (exact) mass is 435 g/mol. The Morgan fingerprint density at radius 3 is 2.50 bits per heavy atom. The van der Waals surface area contributed by atoms with Crippen LogP contribution in [-0.4, -0.2) is 62.1 Å². The summed E-state index contributed by atoms with van der Waals surface area (Å²) in [5.41, 5.74) is 1.49. The van der Waals surface area contributed by atoms with Crippen LogP contribution in [0.15, 0.2) is 36.4 Å². The van der Waals surface area contributed by atoms with Gasteiger partial charge < -0.3 is 14.8 Å². The van der Waals surface area contributed by atoms with Crippen LogP contribution in [0, 0.1) is 5.82 Å². The van der Waals surface area contributed by atoms with Crippen LogP contribution < -0.4 is 14.8 Å². The van der Waals surface area contributed by atoms with Crippen LogP contribution in [0.3, 0.4) is 0 Å². The molecule has 1 atom stereocenters. The Hall–Kier alpha value is -2.35. The normalized spacial score (nSPS) is 16.2. The fourth-order valence-corrected chi connectivity index (χ4v) is 3.76. The van der Waals surface area contributed by atoms with Crippen molar-refractivity contribution in [3.63, 3.8) is 0 Å². The van der Waals surface area contributed by atoms with E-state index in [9.17, 15) is 9.18 Å². The van der Waals surface area contributed by atoms with E-state index in [1.165, 1.54) is 18.2 Å². The molecular formula is C22H27ClFN3O3. The zero-order valence-corrected chi connectivity index (χ0v) is 18.2. The molecule has 1 fully saturated rings. The Morgan fingerprint density at radius 2 is 1.87 bits per heavy atom. The van der Waals surface area contributed by atoms with E-state index in [2.05, 4.69) is 15.1 Å². The van der Waals surface area contributed by atoms with Gasteiger partial charge in [0.05, 0.1) is 31.0 Å². The summed E-state index contributed by atoms with van der Waals surface area (Å²) in [6.07, 6.45) is 0. The summed E-state index contributed by atoms with van der Waals surface area (Å²) in [5, 5.41) is 2.98. The molecule has 6 nitrogen and oxygen atoms in total. The summed E-state index contributed by atoms with van der Waals surface area (Å²) in [4.78, 5) is 17.1. The highest BCUT2D eigenvalue weighted by atomic mass is 35.5. The highest BCUT2D eigenvalue weighted by molar-refractivity contribution is 6.33. The van der Waals surface area contributed by atoms with Crippen LogP contribution in [0.4, 0.5) is 10.1 Å². The lowest BCUT2D eigenvalue weighted by molar-refractivity contribution is -0.121. The lowest BCUT2D eigenvalue weighted by Crippen LogP contribution is -2.52. The van der Waals surface area contributed by atoms with Gasteiger partial charge in [0.25, 0.3) is 0 Å². The number of carbonyl (C=O) groups excluding carboxylic acids is 1. The smallest absolute Gasteiger partial charge is 0.241 e. The van der Waals surface area contributed by atoms with Crippen LogP contribution in [0.5, 0.6) is 11.5 Å². The number of hydrogen-bond donors (Lipinski definition) is 1. The number of amides is 1. The predicted octanol–water partition coefficient (Wildman–Crippen LogP) is 3.64. The van der Waals surface area contributed by atoms with Crippen molar-refractivity contribution in [3.8, 4) is 11.5 Å². The fourth-order valence-electron chi connectivity index (χ4n) is 3.55. The minimum absolute atomic E-state index is 0.161. The van der Waals surface area contributed by atoms with Gasteiger partial charge in [-0.15, -0.1) is 0 Å². The molecule has 1 aliphatic rings. The number of anilines is 1. The lowest BCUT2D eigenvalue weighted by atomic mass is 10.1. The molecule has 0 saturated carbocycles. The SMILES string of the molecule is COc1ccc(OC)c(CN2CCN(C(C)C(=O)Nc3ccc(F)cc3Cl)CC2)c1. The molecule has 1 heterocycles. The standard InChI is InChI=1S/C22H27ClFN3O3/c1-15(22(28)25-20-6-4-17(24)13-19(20)23)27-10-8-26(9-11-27)14-16-12-18(29-2)5-7-21(16)30-3/h4-7,12-13,15H,8-11,14H2,1-3H3,(H,25,28). The molecular weight excluding hydrogens is 409 g/mol. The van der Waals surface area contributed by atoms with E-state index in [-0.39, 0.29) is 17.0 Å². The molecule has 1 amide bonds. The molecule has 0 aliphatic carbocycles. The van der Waals surface area contributed by atoms with Gasteiger partial charge in [0, 0.05) is 38.3 Å². The Labute approximate surface area is 181 Å². The predicted molar refractivity (Wildman–Crippen MR) is 116 cm³/mol. The molecule has 2 aromatic carbocycles. The summed E-state index contributed by atoms with van der Waals surface area (Å²) >= 11 is 6.01. The first kappa shape index (κ1) is 22.3. The van der Waals surface area contributed by atoms with Crippen molar-refractivity contribution in [3.05, 3.63) is 52.8 Å². The van der Waals surface area contributed by atoms with E-state index < -0.39 is 5.82 Å². The molecule has 1 saturated heterocycles. The van der Waals surface area contributed by atoms with Gasteiger partial charge in [-0.1, -0.05) is 11.6 Å². The van der Waals surface area contributed by atoms with Gasteiger partial charge in [0.15, 0.2) is 0 Å². The Balaban J connectivity index is 1.55. The third kappa shape index (κ3) is 5.41. The van der Waals surface area contributed by atoms with Gasteiger partial charge in [-0.2, -0.15) is 0 Å². The minimum Gasteiger partial charge on any atom is -0.497 e. The van der Waals surface area contributed by atoms with Crippen LogP contribution in [0.1, 0.15) is 12.5 Å². The number of piperazine rings is 1. The second-order valence-electron chi connectivity index (χ2n) is 7.28. The van der Waals surface area contributed by atoms with E-state index in [0.717, 1.165) is 49.8 Å². The summed E-state index contributed by atoms with van der Waals surface area (Å²) < 4.78 is 24.0. The summed E-state index contributed by atoms with van der Waals surface area (Å²) in [6, 6.07) is 9.41. The molecule has 1 aliphatic heterocycles. The average Bonchev–Trinajstić information content (AvgIpc) is 2.75. The van der Waals surface area contributed by atoms with Gasteiger partial charge >= 0.3 is 0 Å². The highest BCUT2D eigenvalue weighted by Gasteiger charge is 2.26. The molecule has 0 radical (unpaired) electrons. The number of methoxy groups -OCH3 is 2. The third-order valence-corrected chi connectivity index (χ3v) is 5.72. The topological polar surface area (TPSA) is 54.0 Å².